The van der Waals surface area contributed by atoms with E-state index in [0.29, 0.717) is 44.6 Å². The first-order valence-electron chi connectivity index (χ1n) is 10.9. The van der Waals surface area contributed by atoms with E-state index >= 15 is 0 Å². The Labute approximate surface area is 181 Å². The number of ether oxygens (including phenoxy) is 1. The van der Waals surface area contributed by atoms with Gasteiger partial charge in [0.05, 0.1) is 6.10 Å². The minimum absolute atomic E-state index is 0.0192. The van der Waals surface area contributed by atoms with Gasteiger partial charge in [0.25, 0.3) is 0 Å². The molecule has 0 unspecified atom stereocenters. The molecule has 31 heavy (non-hydrogen) atoms. The van der Waals surface area contributed by atoms with Gasteiger partial charge in [-0.25, -0.2) is 0 Å². The summed E-state index contributed by atoms with van der Waals surface area (Å²) in [7, 11) is 0. The number of β-amino-alcohol motifs (C(OH)–C–C–N with tert-alkyl or cyclic N) is 2. The van der Waals surface area contributed by atoms with Crippen LogP contribution in [0.2, 0.25) is 0 Å². The van der Waals surface area contributed by atoms with Crippen LogP contribution in [0.3, 0.4) is 0 Å². The lowest BCUT2D eigenvalue weighted by Gasteiger charge is -2.29. The average molecular weight is 424 g/mol. The van der Waals surface area contributed by atoms with Gasteiger partial charge >= 0.3 is 0 Å². The van der Waals surface area contributed by atoms with Crippen molar-refractivity contribution in [2.75, 3.05) is 25.0 Å². The summed E-state index contributed by atoms with van der Waals surface area (Å²) >= 11 is 0. The van der Waals surface area contributed by atoms with E-state index < -0.39 is 23.9 Å². The number of nitrogens with one attached hydrogen (secondary N) is 1. The standard InChI is InChI=1S/C24H28N2O5/c27-20(16-6-8-19-15(10-16)7-9-22(28)25-19)13-26-12-17-11-21(23(29)24(17,30)14-26)31-18-4-2-1-3-5-18/h1-6,8,10,17,20-21,23,27,29-30H,7,9,11-14H2,(H,25,28)/t17-,20-,21+,23+,24-/m0/s1. The van der Waals surface area contributed by atoms with Crippen molar-refractivity contribution in [3.8, 4) is 5.75 Å². The zero-order valence-corrected chi connectivity index (χ0v) is 17.3. The summed E-state index contributed by atoms with van der Waals surface area (Å²) in [6.45, 7) is 1.27. The summed E-state index contributed by atoms with van der Waals surface area (Å²) < 4.78 is 5.93. The zero-order chi connectivity index (χ0) is 21.6. The number of likely N-dealkylation sites (tertiary alicyclic amines) is 1. The van der Waals surface area contributed by atoms with Crippen LogP contribution in [0, 0.1) is 5.92 Å². The first-order chi connectivity index (χ1) is 14.9. The van der Waals surface area contributed by atoms with Crippen molar-refractivity contribution in [2.45, 2.75) is 43.2 Å². The molecule has 0 bridgehead atoms. The number of nitrogens with zero attached hydrogens (tertiary/aromatic N) is 1. The minimum Gasteiger partial charge on any atom is -0.488 e. The first-order valence-corrected chi connectivity index (χ1v) is 10.9. The van der Waals surface area contributed by atoms with E-state index in [1.165, 1.54) is 0 Å². The van der Waals surface area contributed by atoms with Crippen LogP contribution in [0.25, 0.3) is 0 Å². The number of anilines is 1. The van der Waals surface area contributed by atoms with Crippen LogP contribution in [0.4, 0.5) is 5.69 Å². The van der Waals surface area contributed by atoms with Crippen LogP contribution in [0.1, 0.15) is 30.1 Å². The van der Waals surface area contributed by atoms with Gasteiger partial charge in [-0.15, -0.1) is 0 Å². The second-order valence-electron chi connectivity index (χ2n) is 9.01. The van der Waals surface area contributed by atoms with Crippen LogP contribution in [0.15, 0.2) is 48.5 Å². The summed E-state index contributed by atoms with van der Waals surface area (Å²) in [6.07, 6.45) is -0.441. The number of amides is 1. The lowest BCUT2D eigenvalue weighted by molar-refractivity contribution is -0.116. The van der Waals surface area contributed by atoms with Crippen molar-refractivity contribution in [1.82, 2.24) is 4.90 Å². The molecule has 0 spiro atoms. The van der Waals surface area contributed by atoms with Gasteiger partial charge < -0.3 is 25.4 Å². The summed E-state index contributed by atoms with van der Waals surface area (Å²) in [5.41, 5.74) is 1.40. The predicted octanol–water partition coefficient (Wildman–Crippen LogP) is 1.48. The molecule has 2 heterocycles. The van der Waals surface area contributed by atoms with E-state index in [0.717, 1.165) is 16.8 Å². The minimum atomic E-state index is -1.24. The van der Waals surface area contributed by atoms with E-state index in [2.05, 4.69) is 5.32 Å². The van der Waals surface area contributed by atoms with Crippen molar-refractivity contribution >= 4 is 11.6 Å². The third kappa shape index (κ3) is 3.83. The van der Waals surface area contributed by atoms with Gasteiger partial charge in [-0.3, -0.25) is 9.69 Å². The van der Waals surface area contributed by atoms with Gasteiger partial charge in [0.1, 0.15) is 23.6 Å². The number of aryl methyl sites for hydroxylation is 1. The fraction of sp³-hybridized carbons (Fsp3) is 0.458. The molecule has 0 radical (unpaired) electrons. The van der Waals surface area contributed by atoms with Crippen molar-refractivity contribution in [1.29, 1.82) is 0 Å². The van der Waals surface area contributed by atoms with Crippen molar-refractivity contribution in [3.63, 3.8) is 0 Å². The smallest absolute Gasteiger partial charge is 0.224 e. The number of carbonyl (C=O) groups excluding carboxylic acids is 1. The molecular formula is C24H28N2O5. The summed E-state index contributed by atoms with van der Waals surface area (Å²) in [4.78, 5) is 13.5. The molecule has 0 aromatic heterocycles. The lowest BCUT2D eigenvalue weighted by Crippen LogP contribution is -2.49. The zero-order valence-electron chi connectivity index (χ0n) is 17.3. The number of hydrogen-bond donors (Lipinski definition) is 4. The topological polar surface area (TPSA) is 102 Å². The van der Waals surface area contributed by atoms with Gasteiger partial charge in [-0.05, 0) is 42.2 Å². The van der Waals surface area contributed by atoms with Crippen LogP contribution in [-0.2, 0) is 11.2 Å². The van der Waals surface area contributed by atoms with E-state index in [1.54, 1.807) is 0 Å². The van der Waals surface area contributed by atoms with E-state index in [-0.39, 0.29) is 11.8 Å². The molecule has 2 aromatic rings. The molecule has 3 aliphatic rings. The molecule has 2 fully saturated rings. The van der Waals surface area contributed by atoms with Crippen LogP contribution < -0.4 is 10.1 Å². The first kappa shape index (κ1) is 20.5. The number of carbonyl (C=O) groups is 1. The normalized spacial score (nSPS) is 31.1. The monoisotopic (exact) mass is 424 g/mol. The molecule has 2 aromatic carbocycles. The number of aliphatic hydroxyl groups excluding tert-OH is 2. The molecule has 4 N–H and O–H groups in total. The average Bonchev–Trinajstić information content (AvgIpc) is 3.19. The third-order valence-corrected chi connectivity index (χ3v) is 6.91. The fourth-order valence-corrected chi connectivity index (χ4v) is 5.25. The molecule has 1 saturated heterocycles. The number of para-hydroxylation sites is 1. The Hall–Kier alpha value is -2.45. The highest BCUT2D eigenvalue weighted by Gasteiger charge is 2.59. The maximum absolute atomic E-state index is 11.5. The molecule has 1 aliphatic carbocycles. The number of fused-ring (bicyclic) bond motifs is 2. The Balaban J connectivity index is 1.22. The van der Waals surface area contributed by atoms with Crippen molar-refractivity contribution in [3.05, 3.63) is 59.7 Å². The van der Waals surface area contributed by atoms with Gasteiger partial charge in [-0.1, -0.05) is 30.3 Å². The van der Waals surface area contributed by atoms with Crippen LogP contribution >= 0.6 is 0 Å². The summed E-state index contributed by atoms with van der Waals surface area (Å²) in [5.74, 6) is 0.596. The quantitative estimate of drug-likeness (QED) is 0.580. The molecular weight excluding hydrogens is 396 g/mol. The summed E-state index contributed by atoms with van der Waals surface area (Å²) in [6, 6.07) is 15.0. The fourth-order valence-electron chi connectivity index (χ4n) is 5.25. The predicted molar refractivity (Wildman–Crippen MR) is 115 cm³/mol. The van der Waals surface area contributed by atoms with Crippen LogP contribution in [0.5, 0.6) is 5.75 Å². The largest absolute Gasteiger partial charge is 0.488 e. The Morgan fingerprint density at radius 2 is 2.00 bits per heavy atom. The molecule has 1 amide bonds. The number of aliphatic hydroxyl groups is 3. The van der Waals surface area contributed by atoms with E-state index in [4.69, 9.17) is 4.74 Å². The molecule has 1 saturated carbocycles. The highest BCUT2D eigenvalue weighted by Crippen LogP contribution is 2.43. The second kappa shape index (κ2) is 7.91. The molecule has 164 valence electrons. The summed E-state index contributed by atoms with van der Waals surface area (Å²) in [5, 5.41) is 35.6. The highest BCUT2D eigenvalue weighted by molar-refractivity contribution is 5.93. The molecule has 5 atom stereocenters. The lowest BCUT2D eigenvalue weighted by atomic mass is 9.93. The Kier molecular flexibility index (Phi) is 5.22. The number of rotatable bonds is 5. The van der Waals surface area contributed by atoms with Gasteiger partial charge in [-0.2, -0.15) is 0 Å². The Morgan fingerprint density at radius 1 is 1.19 bits per heavy atom. The molecule has 5 rings (SSSR count). The second-order valence-corrected chi connectivity index (χ2v) is 9.01. The maximum atomic E-state index is 11.5. The SMILES string of the molecule is O=C1CCc2cc([C@@H](O)CN3C[C@@H]4C[C@@H](Oc5ccccc5)[C@@H](O)[C@]4(O)C3)ccc2N1. The Bertz CT molecular complexity index is 968. The van der Waals surface area contributed by atoms with E-state index in [1.807, 2.05) is 53.4 Å². The maximum Gasteiger partial charge on any atom is 0.224 e. The molecule has 7 heteroatoms. The van der Waals surface area contributed by atoms with Gasteiger partial charge in [0.15, 0.2) is 0 Å². The molecule has 7 nitrogen and oxygen atoms in total. The van der Waals surface area contributed by atoms with Crippen molar-refractivity contribution in [2.24, 2.45) is 5.92 Å². The number of hydrogen-bond acceptors (Lipinski definition) is 6. The van der Waals surface area contributed by atoms with Gasteiger partial charge in [0, 0.05) is 37.7 Å². The van der Waals surface area contributed by atoms with Gasteiger partial charge in [0.2, 0.25) is 5.91 Å². The van der Waals surface area contributed by atoms with Crippen LogP contribution in [-0.4, -0.2) is 63.6 Å². The van der Waals surface area contributed by atoms with E-state index in [9.17, 15) is 20.1 Å². The highest BCUT2D eigenvalue weighted by atomic mass is 16.5. The number of benzene rings is 2. The third-order valence-electron chi connectivity index (χ3n) is 6.91. The Morgan fingerprint density at radius 3 is 2.77 bits per heavy atom. The molecule has 2 aliphatic heterocycles. The van der Waals surface area contributed by atoms with Crippen molar-refractivity contribution < 1.29 is 24.9 Å².